The van der Waals surface area contributed by atoms with Gasteiger partial charge in [-0.3, -0.25) is 9.63 Å². The van der Waals surface area contributed by atoms with Gasteiger partial charge in [-0.05, 0) is 23.8 Å². The largest absolute Gasteiger partial charge is 0.479 e. The van der Waals surface area contributed by atoms with Gasteiger partial charge in [-0.2, -0.15) is 0 Å². The number of sulfonamides is 1. The number of carbonyl (C=O) groups excluding carboxylic acids is 1. The molecule has 0 unspecified atom stereocenters. The van der Waals surface area contributed by atoms with Gasteiger partial charge in [0, 0.05) is 5.69 Å². The van der Waals surface area contributed by atoms with E-state index in [0.717, 1.165) is 0 Å². The summed E-state index contributed by atoms with van der Waals surface area (Å²) in [6.45, 7) is -0.787. The fraction of sp³-hybridized carbons (Fsp3) is 0.200. The van der Waals surface area contributed by atoms with E-state index in [1.807, 2.05) is 0 Å². The first kappa shape index (κ1) is 13.5. The summed E-state index contributed by atoms with van der Waals surface area (Å²) in [6, 6.07) is 4.09. The number of rotatable bonds is 5. The highest BCUT2D eigenvalue weighted by Crippen LogP contribution is 2.25. The lowest BCUT2D eigenvalue weighted by molar-refractivity contribution is -0.143. The average molecular weight is 286 g/mol. The Morgan fingerprint density at radius 3 is 2.89 bits per heavy atom. The van der Waals surface area contributed by atoms with Gasteiger partial charge in [-0.25, -0.2) is 13.2 Å². The van der Waals surface area contributed by atoms with Crippen LogP contribution in [0.2, 0.25) is 0 Å². The maximum absolute atomic E-state index is 11.8. The van der Waals surface area contributed by atoms with Crippen molar-refractivity contribution in [2.24, 2.45) is 0 Å². The first-order chi connectivity index (χ1) is 8.88. The van der Waals surface area contributed by atoms with Crippen LogP contribution in [0.1, 0.15) is 5.56 Å². The fourth-order valence-electron chi connectivity index (χ4n) is 1.59. The van der Waals surface area contributed by atoms with Crippen molar-refractivity contribution >= 4 is 27.6 Å². The van der Waals surface area contributed by atoms with Gasteiger partial charge in [0.15, 0.2) is 6.61 Å². The minimum atomic E-state index is -3.97. The lowest BCUT2D eigenvalue weighted by Crippen LogP contribution is -2.26. The Bertz CT molecular complexity index is 639. The Hall–Kier alpha value is -1.97. The van der Waals surface area contributed by atoms with E-state index in [2.05, 4.69) is 10.2 Å². The quantitative estimate of drug-likeness (QED) is 0.626. The third-order valence-corrected chi connectivity index (χ3v) is 3.59. The molecule has 1 aliphatic heterocycles. The molecule has 0 fully saturated rings. The summed E-state index contributed by atoms with van der Waals surface area (Å²) in [5, 5.41) is 10.9. The van der Waals surface area contributed by atoms with E-state index >= 15 is 0 Å². The average Bonchev–Trinajstić information content (AvgIpc) is 2.67. The van der Waals surface area contributed by atoms with Gasteiger partial charge in [-0.1, -0.05) is 4.89 Å². The Morgan fingerprint density at radius 2 is 2.21 bits per heavy atom. The van der Waals surface area contributed by atoms with Crippen molar-refractivity contribution in [2.75, 3.05) is 11.9 Å². The molecule has 0 saturated carbocycles. The van der Waals surface area contributed by atoms with Crippen LogP contribution in [0.5, 0.6) is 0 Å². The predicted octanol–water partition coefficient (Wildman–Crippen LogP) is -0.524. The van der Waals surface area contributed by atoms with Crippen LogP contribution in [-0.4, -0.2) is 32.0 Å². The third kappa shape index (κ3) is 3.08. The molecule has 0 radical (unpaired) electrons. The van der Waals surface area contributed by atoms with Crippen LogP contribution in [0.15, 0.2) is 23.1 Å². The van der Waals surface area contributed by atoms with Crippen molar-refractivity contribution < 1.29 is 28.0 Å². The van der Waals surface area contributed by atoms with Crippen LogP contribution in [-0.2, 0) is 30.9 Å². The molecule has 0 aromatic heterocycles. The maximum Gasteiger partial charge on any atom is 0.331 e. The lowest BCUT2D eigenvalue weighted by atomic mass is 10.2. The van der Waals surface area contributed by atoms with Crippen molar-refractivity contribution in [1.82, 2.24) is 4.89 Å². The summed E-state index contributed by atoms with van der Waals surface area (Å²) >= 11 is 0. The summed E-state index contributed by atoms with van der Waals surface area (Å²) in [7, 11) is -3.97. The summed E-state index contributed by atoms with van der Waals surface area (Å²) in [4.78, 5) is 27.3. The van der Waals surface area contributed by atoms with E-state index in [1.165, 1.54) is 18.2 Å². The van der Waals surface area contributed by atoms with Gasteiger partial charge in [0.1, 0.15) is 0 Å². The standard InChI is InChI=1S/C10H10N2O6S/c13-9-4-6-3-7(1-2-8(6)11-9)19(16,17)12-18-5-10(14)15/h1-3,12H,4-5H2,(H,11,13)(H,14,15). The molecule has 1 amide bonds. The molecule has 19 heavy (non-hydrogen) atoms. The van der Waals surface area contributed by atoms with Crippen LogP contribution in [0, 0.1) is 0 Å². The van der Waals surface area contributed by atoms with Gasteiger partial charge < -0.3 is 10.4 Å². The molecular weight excluding hydrogens is 276 g/mol. The monoisotopic (exact) mass is 286 g/mol. The molecule has 1 heterocycles. The zero-order valence-electron chi connectivity index (χ0n) is 9.54. The topological polar surface area (TPSA) is 122 Å². The van der Waals surface area contributed by atoms with Crippen molar-refractivity contribution in [3.05, 3.63) is 23.8 Å². The predicted molar refractivity (Wildman–Crippen MR) is 62.7 cm³/mol. The number of carboxylic acid groups (broad SMARTS) is 1. The number of fused-ring (bicyclic) bond motifs is 1. The third-order valence-electron chi connectivity index (χ3n) is 2.38. The Labute approximate surface area is 108 Å². The number of carboxylic acids is 1. The molecule has 0 saturated heterocycles. The van der Waals surface area contributed by atoms with E-state index in [1.54, 1.807) is 4.89 Å². The minimum Gasteiger partial charge on any atom is -0.479 e. The smallest absolute Gasteiger partial charge is 0.331 e. The molecule has 0 aliphatic carbocycles. The number of carbonyl (C=O) groups is 2. The number of nitrogens with one attached hydrogen (secondary N) is 2. The van der Waals surface area contributed by atoms with Gasteiger partial charge in [0.25, 0.3) is 10.0 Å². The normalized spacial score (nSPS) is 14.0. The van der Waals surface area contributed by atoms with Crippen LogP contribution in [0.4, 0.5) is 5.69 Å². The number of amides is 1. The van der Waals surface area contributed by atoms with Crippen molar-refractivity contribution in [3.8, 4) is 0 Å². The van der Waals surface area contributed by atoms with Crippen molar-refractivity contribution in [1.29, 1.82) is 0 Å². The molecule has 8 nitrogen and oxygen atoms in total. The zero-order valence-corrected chi connectivity index (χ0v) is 10.4. The van der Waals surface area contributed by atoms with Gasteiger partial charge >= 0.3 is 5.97 Å². The van der Waals surface area contributed by atoms with E-state index < -0.39 is 22.6 Å². The molecule has 1 aromatic rings. The van der Waals surface area contributed by atoms with Crippen molar-refractivity contribution in [3.63, 3.8) is 0 Å². The van der Waals surface area contributed by atoms with Crippen LogP contribution < -0.4 is 10.2 Å². The SMILES string of the molecule is O=C(O)CONS(=O)(=O)c1ccc2c(c1)CC(=O)N2. The van der Waals surface area contributed by atoms with Crippen LogP contribution in [0.3, 0.4) is 0 Å². The molecule has 0 atom stereocenters. The van der Waals surface area contributed by atoms with E-state index in [4.69, 9.17) is 5.11 Å². The molecule has 3 N–H and O–H groups in total. The summed E-state index contributed by atoms with van der Waals surface area (Å²) < 4.78 is 23.5. The van der Waals surface area contributed by atoms with Gasteiger partial charge in [-0.15, -0.1) is 0 Å². The molecule has 102 valence electrons. The number of aliphatic carboxylic acids is 1. The second-order valence-electron chi connectivity index (χ2n) is 3.81. The molecule has 0 bridgehead atoms. The molecule has 0 spiro atoms. The fourth-order valence-corrected chi connectivity index (χ4v) is 2.44. The highest BCUT2D eigenvalue weighted by molar-refractivity contribution is 7.89. The highest BCUT2D eigenvalue weighted by atomic mass is 32.2. The number of anilines is 1. The van der Waals surface area contributed by atoms with E-state index in [0.29, 0.717) is 11.3 Å². The Kier molecular flexibility index (Phi) is 3.51. The summed E-state index contributed by atoms with van der Waals surface area (Å²) in [5.74, 6) is -1.51. The second-order valence-corrected chi connectivity index (χ2v) is 5.46. The Morgan fingerprint density at radius 1 is 1.47 bits per heavy atom. The zero-order chi connectivity index (χ0) is 14.0. The number of benzene rings is 1. The molecule has 9 heteroatoms. The second kappa shape index (κ2) is 4.96. The molecule has 1 aliphatic rings. The van der Waals surface area contributed by atoms with Crippen molar-refractivity contribution in [2.45, 2.75) is 11.3 Å². The minimum absolute atomic E-state index is 0.104. The first-order valence-corrected chi connectivity index (χ1v) is 6.65. The summed E-state index contributed by atoms with van der Waals surface area (Å²) in [5.41, 5.74) is 1.13. The van der Waals surface area contributed by atoms with Crippen LogP contribution in [0.25, 0.3) is 0 Å². The van der Waals surface area contributed by atoms with E-state index in [9.17, 15) is 18.0 Å². The highest BCUT2D eigenvalue weighted by Gasteiger charge is 2.22. The molecule has 1 aromatic carbocycles. The first-order valence-electron chi connectivity index (χ1n) is 5.16. The lowest BCUT2D eigenvalue weighted by Gasteiger charge is -2.07. The Balaban J connectivity index is 2.15. The number of hydrogen-bond acceptors (Lipinski definition) is 5. The van der Waals surface area contributed by atoms with Crippen LogP contribution >= 0.6 is 0 Å². The van der Waals surface area contributed by atoms with Gasteiger partial charge in [0.2, 0.25) is 5.91 Å². The number of hydrogen-bond donors (Lipinski definition) is 3. The molecular formula is C10H10N2O6S. The maximum atomic E-state index is 11.8. The summed E-state index contributed by atoms with van der Waals surface area (Å²) in [6.07, 6.45) is 0.106. The molecule has 2 rings (SSSR count). The van der Waals surface area contributed by atoms with Gasteiger partial charge in [0.05, 0.1) is 11.3 Å². The van der Waals surface area contributed by atoms with E-state index in [-0.39, 0.29) is 17.2 Å².